The lowest BCUT2D eigenvalue weighted by Gasteiger charge is -2.21. The number of thioether (sulfide) groups is 1. The minimum atomic E-state index is -0.0130. The number of hydrogen-bond donors (Lipinski definition) is 0. The van der Waals surface area contributed by atoms with Gasteiger partial charge in [0.25, 0.3) is 0 Å². The first kappa shape index (κ1) is 22.2. The normalized spacial score (nSPS) is 11.2. The lowest BCUT2D eigenvalue weighted by molar-refractivity contribution is -0.116. The molecule has 0 fully saturated rings. The minimum Gasteiger partial charge on any atom is -0.494 e. The molecule has 0 saturated carbocycles. The maximum atomic E-state index is 13.1. The van der Waals surface area contributed by atoms with Crippen molar-refractivity contribution >= 4 is 67.6 Å². The molecule has 5 nitrogen and oxygen atoms in total. The van der Waals surface area contributed by atoms with E-state index in [1.807, 2.05) is 43.3 Å². The van der Waals surface area contributed by atoms with Crippen LogP contribution in [0.25, 0.3) is 10.2 Å². The molecular formula is C20H21Cl2N3O2S2. The van der Waals surface area contributed by atoms with Crippen LogP contribution in [0.1, 0.15) is 0 Å². The Labute approximate surface area is 188 Å². The number of likely N-dealkylation sites (N-methyl/N-ethyl adjacent to an activating group) is 1. The van der Waals surface area contributed by atoms with Crippen molar-refractivity contribution in [1.29, 1.82) is 0 Å². The van der Waals surface area contributed by atoms with Gasteiger partial charge in [0.15, 0.2) is 5.13 Å². The smallest absolute Gasteiger partial charge is 0.239 e. The Kier molecular flexibility index (Phi) is 7.65. The van der Waals surface area contributed by atoms with Gasteiger partial charge in [0.2, 0.25) is 5.91 Å². The van der Waals surface area contributed by atoms with Crippen LogP contribution < -0.4 is 9.64 Å². The summed E-state index contributed by atoms with van der Waals surface area (Å²) < 4.78 is 6.22. The lowest BCUT2D eigenvalue weighted by atomic mass is 10.3. The molecule has 9 heteroatoms. The maximum Gasteiger partial charge on any atom is 0.239 e. The lowest BCUT2D eigenvalue weighted by Crippen LogP contribution is -2.37. The van der Waals surface area contributed by atoms with Gasteiger partial charge < -0.3 is 9.64 Å². The molecule has 0 aliphatic rings. The molecule has 0 bridgehead atoms. The van der Waals surface area contributed by atoms with Gasteiger partial charge >= 0.3 is 0 Å². The van der Waals surface area contributed by atoms with Crippen LogP contribution in [-0.4, -0.2) is 55.8 Å². The van der Waals surface area contributed by atoms with E-state index in [1.54, 1.807) is 24.1 Å². The molecule has 2 aromatic carbocycles. The van der Waals surface area contributed by atoms with Crippen molar-refractivity contribution in [2.75, 3.05) is 44.9 Å². The molecule has 0 saturated heterocycles. The number of ether oxygens (including phenoxy) is 1. The van der Waals surface area contributed by atoms with Crippen LogP contribution in [0.4, 0.5) is 5.13 Å². The zero-order valence-corrected chi connectivity index (χ0v) is 19.5. The highest BCUT2D eigenvalue weighted by Gasteiger charge is 2.22. The number of halogens is 2. The fraction of sp³-hybridized carbons (Fsp3) is 0.300. The summed E-state index contributed by atoms with van der Waals surface area (Å²) >= 11 is 15.2. The summed E-state index contributed by atoms with van der Waals surface area (Å²) in [6, 6.07) is 11.0. The topological polar surface area (TPSA) is 45.7 Å². The molecule has 0 aliphatic carbocycles. The molecule has 1 aromatic heterocycles. The zero-order valence-electron chi connectivity index (χ0n) is 16.3. The van der Waals surface area contributed by atoms with E-state index >= 15 is 0 Å². The summed E-state index contributed by atoms with van der Waals surface area (Å²) in [6.45, 7) is 1.25. The van der Waals surface area contributed by atoms with Crippen molar-refractivity contribution in [3.05, 3.63) is 46.4 Å². The Morgan fingerprint density at radius 2 is 1.86 bits per heavy atom. The van der Waals surface area contributed by atoms with Crippen LogP contribution in [0.15, 0.2) is 41.3 Å². The molecule has 3 aromatic rings. The summed E-state index contributed by atoms with van der Waals surface area (Å²) in [5, 5.41) is 1.89. The maximum absolute atomic E-state index is 13.1. The van der Waals surface area contributed by atoms with Crippen molar-refractivity contribution in [2.45, 2.75) is 4.90 Å². The number of aromatic nitrogens is 1. The van der Waals surface area contributed by atoms with E-state index in [1.165, 1.54) is 23.1 Å². The van der Waals surface area contributed by atoms with E-state index < -0.39 is 0 Å². The molecule has 1 heterocycles. The van der Waals surface area contributed by atoms with Gasteiger partial charge in [-0.3, -0.25) is 9.69 Å². The number of rotatable bonds is 8. The van der Waals surface area contributed by atoms with Crippen molar-refractivity contribution in [2.24, 2.45) is 0 Å². The van der Waals surface area contributed by atoms with E-state index in [4.69, 9.17) is 27.9 Å². The van der Waals surface area contributed by atoms with Crippen LogP contribution >= 0.6 is 46.3 Å². The number of amides is 1. The number of benzene rings is 2. The van der Waals surface area contributed by atoms with Crippen LogP contribution in [-0.2, 0) is 4.79 Å². The second-order valence-electron chi connectivity index (χ2n) is 6.52. The largest absolute Gasteiger partial charge is 0.494 e. The molecule has 0 spiro atoms. The van der Waals surface area contributed by atoms with Gasteiger partial charge in [-0.1, -0.05) is 34.5 Å². The van der Waals surface area contributed by atoms with E-state index in [9.17, 15) is 4.79 Å². The number of anilines is 1. The number of fused-ring (bicyclic) bond motifs is 1. The average Bonchev–Trinajstić information content (AvgIpc) is 3.14. The molecular weight excluding hydrogens is 449 g/mol. The number of carbonyl (C=O) groups excluding carboxylic acids is 1. The predicted molar refractivity (Wildman–Crippen MR) is 124 cm³/mol. The Morgan fingerprint density at radius 3 is 2.52 bits per heavy atom. The van der Waals surface area contributed by atoms with Gasteiger partial charge in [-0.15, -0.1) is 11.8 Å². The zero-order chi connectivity index (χ0) is 21.0. The van der Waals surface area contributed by atoms with E-state index in [-0.39, 0.29) is 5.91 Å². The highest BCUT2D eigenvalue weighted by Crippen LogP contribution is 2.39. The SMILES string of the molecule is COc1ccc(Cl)c2sc(N(CCN(C)C)C(=O)CSc3ccc(Cl)cc3)nc12. The summed E-state index contributed by atoms with van der Waals surface area (Å²) in [6.07, 6.45) is 0. The molecule has 0 N–H and O–H groups in total. The summed E-state index contributed by atoms with van der Waals surface area (Å²) in [4.78, 5) is 22.5. The highest BCUT2D eigenvalue weighted by molar-refractivity contribution is 8.00. The number of carbonyl (C=O) groups is 1. The fourth-order valence-electron chi connectivity index (χ4n) is 2.60. The van der Waals surface area contributed by atoms with Gasteiger partial charge in [0.1, 0.15) is 11.3 Å². The van der Waals surface area contributed by atoms with Crippen LogP contribution in [0.3, 0.4) is 0 Å². The second-order valence-corrected chi connectivity index (χ2v) is 9.38. The monoisotopic (exact) mass is 469 g/mol. The van der Waals surface area contributed by atoms with Crippen molar-refractivity contribution in [3.63, 3.8) is 0 Å². The molecule has 0 unspecified atom stereocenters. The Morgan fingerprint density at radius 1 is 1.14 bits per heavy atom. The van der Waals surface area contributed by atoms with Gasteiger partial charge in [0, 0.05) is 23.0 Å². The third-order valence-corrected chi connectivity index (χ3v) is 6.93. The van der Waals surface area contributed by atoms with Crippen LogP contribution in [0.2, 0.25) is 10.0 Å². The number of methoxy groups -OCH3 is 1. The molecule has 29 heavy (non-hydrogen) atoms. The van der Waals surface area contributed by atoms with E-state index in [0.717, 1.165) is 16.1 Å². The number of hydrogen-bond acceptors (Lipinski definition) is 6. The minimum absolute atomic E-state index is 0.0130. The third kappa shape index (κ3) is 5.55. The van der Waals surface area contributed by atoms with Crippen molar-refractivity contribution in [1.82, 2.24) is 9.88 Å². The molecule has 0 radical (unpaired) electrons. The first-order chi connectivity index (χ1) is 13.9. The summed E-state index contributed by atoms with van der Waals surface area (Å²) in [7, 11) is 5.55. The average molecular weight is 470 g/mol. The van der Waals surface area contributed by atoms with E-state index in [2.05, 4.69) is 4.98 Å². The predicted octanol–water partition coefficient (Wildman–Crippen LogP) is 5.30. The van der Waals surface area contributed by atoms with Gasteiger partial charge in [-0.05, 0) is 50.5 Å². The van der Waals surface area contributed by atoms with Crippen molar-refractivity contribution in [3.8, 4) is 5.75 Å². The fourth-order valence-corrected chi connectivity index (χ4v) is 4.80. The molecule has 0 aliphatic heterocycles. The summed E-state index contributed by atoms with van der Waals surface area (Å²) in [5.74, 6) is 0.930. The number of nitrogens with zero attached hydrogens (tertiary/aromatic N) is 3. The van der Waals surface area contributed by atoms with E-state index in [0.29, 0.717) is 38.7 Å². The Bertz CT molecular complexity index is 993. The molecule has 3 rings (SSSR count). The summed E-state index contributed by atoms with van der Waals surface area (Å²) in [5.41, 5.74) is 0.674. The Balaban J connectivity index is 1.86. The van der Waals surface area contributed by atoms with Crippen LogP contribution in [0, 0.1) is 0 Å². The quantitative estimate of drug-likeness (QED) is 0.418. The number of thiazole rings is 1. The molecule has 1 amide bonds. The third-order valence-electron chi connectivity index (χ3n) is 4.15. The molecule has 0 atom stereocenters. The molecule has 154 valence electrons. The second kappa shape index (κ2) is 10.00. The first-order valence-corrected chi connectivity index (χ1v) is 11.4. The highest BCUT2D eigenvalue weighted by atomic mass is 35.5. The van der Waals surface area contributed by atoms with Gasteiger partial charge in [0.05, 0.1) is 22.6 Å². The van der Waals surface area contributed by atoms with Crippen molar-refractivity contribution < 1.29 is 9.53 Å². The van der Waals surface area contributed by atoms with Gasteiger partial charge in [-0.25, -0.2) is 4.98 Å². The van der Waals surface area contributed by atoms with Crippen LogP contribution in [0.5, 0.6) is 5.75 Å². The van der Waals surface area contributed by atoms with Gasteiger partial charge in [-0.2, -0.15) is 0 Å². The standard InChI is InChI=1S/C20H21Cl2N3O2S2/c1-24(2)10-11-25(17(26)12-28-14-6-4-13(21)5-7-14)20-23-18-16(27-3)9-8-15(22)19(18)29-20/h4-9H,10-12H2,1-3H3. The Hall–Kier alpha value is -1.51. The first-order valence-electron chi connectivity index (χ1n) is 8.85.